The second-order valence-electron chi connectivity index (χ2n) is 5.43. The van der Waals surface area contributed by atoms with Gasteiger partial charge in [-0.3, -0.25) is 4.79 Å². The quantitative estimate of drug-likeness (QED) is 0.809. The summed E-state index contributed by atoms with van der Waals surface area (Å²) < 4.78 is 4.73. The molecule has 0 bridgehead atoms. The third-order valence-corrected chi connectivity index (χ3v) is 3.83. The van der Waals surface area contributed by atoms with E-state index in [2.05, 4.69) is 5.32 Å². The molecule has 1 aliphatic heterocycles. The summed E-state index contributed by atoms with van der Waals surface area (Å²) in [6.07, 6.45) is 4.88. The van der Waals surface area contributed by atoms with Crippen LogP contribution < -0.4 is 10.2 Å². The molecule has 1 fully saturated rings. The number of para-hydroxylation sites is 1. The van der Waals surface area contributed by atoms with Crippen LogP contribution in [0.4, 0.5) is 5.69 Å². The van der Waals surface area contributed by atoms with Crippen molar-refractivity contribution >= 4 is 17.6 Å². The van der Waals surface area contributed by atoms with Crippen LogP contribution in [-0.4, -0.2) is 38.6 Å². The van der Waals surface area contributed by atoms with Gasteiger partial charge in [0, 0.05) is 0 Å². The highest BCUT2D eigenvalue weighted by Gasteiger charge is 2.18. The summed E-state index contributed by atoms with van der Waals surface area (Å²) in [5, 5.41) is 2.83. The minimum absolute atomic E-state index is 0.0525. The molecule has 1 aromatic carbocycles. The van der Waals surface area contributed by atoms with Crippen LogP contribution in [0.5, 0.6) is 0 Å². The fourth-order valence-electron chi connectivity index (χ4n) is 2.71. The maximum absolute atomic E-state index is 12.2. The predicted octanol–water partition coefficient (Wildman–Crippen LogP) is 0.871. The summed E-state index contributed by atoms with van der Waals surface area (Å²) in [4.78, 5) is 25.2. The van der Waals surface area contributed by atoms with Gasteiger partial charge in [0.15, 0.2) is 6.54 Å². The van der Waals surface area contributed by atoms with Gasteiger partial charge in [-0.05, 0) is 37.8 Å². The average Bonchev–Trinajstić information content (AvgIpc) is 2.75. The van der Waals surface area contributed by atoms with Crippen molar-refractivity contribution in [3.8, 4) is 0 Å². The fourth-order valence-corrected chi connectivity index (χ4v) is 2.71. The van der Waals surface area contributed by atoms with Crippen molar-refractivity contribution in [2.75, 3.05) is 32.1 Å². The second kappa shape index (κ2) is 7.78. The normalized spacial score (nSPS) is 16.0. The summed E-state index contributed by atoms with van der Waals surface area (Å²) in [5.41, 5.74) is 0.905. The van der Waals surface area contributed by atoms with Gasteiger partial charge in [-0.15, -0.1) is 0 Å². The first-order valence-electron chi connectivity index (χ1n) is 7.51. The van der Waals surface area contributed by atoms with E-state index in [1.54, 1.807) is 24.3 Å². The van der Waals surface area contributed by atoms with E-state index in [1.807, 2.05) is 0 Å². The highest BCUT2D eigenvalue weighted by atomic mass is 16.5. The van der Waals surface area contributed by atoms with Crippen molar-refractivity contribution in [2.24, 2.45) is 0 Å². The fraction of sp³-hybridized carbons (Fsp3) is 0.500. The zero-order valence-corrected chi connectivity index (χ0v) is 12.5. The standard InChI is InChI=1S/C16H22N2O3/c1-21-16(20)13-8-4-5-9-14(13)17-15(19)12-18-10-6-2-3-7-11-18/h4-5,8-9H,2-3,6-7,10-12H2,1H3,(H,17,19)/p+1. The molecular weight excluding hydrogens is 268 g/mol. The largest absolute Gasteiger partial charge is 0.465 e. The first-order chi connectivity index (χ1) is 10.2. The Morgan fingerprint density at radius 2 is 1.81 bits per heavy atom. The van der Waals surface area contributed by atoms with Crippen molar-refractivity contribution in [1.82, 2.24) is 0 Å². The van der Waals surface area contributed by atoms with Crippen molar-refractivity contribution < 1.29 is 19.2 Å². The van der Waals surface area contributed by atoms with Gasteiger partial charge in [-0.25, -0.2) is 4.79 Å². The number of benzene rings is 1. The number of likely N-dealkylation sites (tertiary alicyclic amines) is 1. The molecule has 1 aromatic rings. The average molecular weight is 291 g/mol. The summed E-state index contributed by atoms with van der Waals surface area (Å²) in [6.45, 7) is 2.55. The number of carbonyl (C=O) groups excluding carboxylic acids is 2. The van der Waals surface area contributed by atoms with Crippen molar-refractivity contribution in [3.63, 3.8) is 0 Å². The molecule has 0 atom stereocenters. The monoisotopic (exact) mass is 291 g/mol. The Labute approximate surface area is 125 Å². The zero-order chi connectivity index (χ0) is 15.1. The Kier molecular flexibility index (Phi) is 5.75. The molecule has 21 heavy (non-hydrogen) atoms. The number of nitrogens with one attached hydrogen (secondary N) is 2. The van der Waals surface area contributed by atoms with Crippen LogP contribution in [-0.2, 0) is 9.53 Å². The lowest BCUT2D eigenvalue weighted by Crippen LogP contribution is -3.12. The minimum Gasteiger partial charge on any atom is -0.465 e. The number of ether oxygens (including phenoxy) is 1. The third kappa shape index (κ3) is 4.56. The molecular formula is C16H23N2O3+. The Hall–Kier alpha value is -1.88. The molecule has 0 spiro atoms. The maximum Gasteiger partial charge on any atom is 0.339 e. The summed E-state index contributed by atoms with van der Waals surface area (Å²) in [6, 6.07) is 6.92. The van der Waals surface area contributed by atoms with E-state index in [4.69, 9.17) is 4.74 Å². The van der Waals surface area contributed by atoms with E-state index >= 15 is 0 Å². The smallest absolute Gasteiger partial charge is 0.339 e. The first-order valence-corrected chi connectivity index (χ1v) is 7.51. The lowest BCUT2D eigenvalue weighted by atomic mass is 10.2. The van der Waals surface area contributed by atoms with Crippen LogP contribution in [0.1, 0.15) is 36.0 Å². The van der Waals surface area contributed by atoms with Gasteiger partial charge < -0.3 is 15.0 Å². The minimum atomic E-state index is -0.437. The van der Waals surface area contributed by atoms with Gasteiger partial charge in [-0.2, -0.15) is 0 Å². The molecule has 2 N–H and O–H groups in total. The second-order valence-corrected chi connectivity index (χ2v) is 5.43. The molecule has 0 aromatic heterocycles. The molecule has 0 saturated carbocycles. The number of carbonyl (C=O) groups is 2. The van der Waals surface area contributed by atoms with E-state index in [0.29, 0.717) is 17.8 Å². The molecule has 1 aliphatic rings. The molecule has 5 heteroatoms. The molecule has 0 aliphatic carbocycles. The van der Waals surface area contributed by atoms with Gasteiger partial charge >= 0.3 is 5.97 Å². The van der Waals surface area contributed by atoms with E-state index in [1.165, 1.54) is 37.7 Å². The maximum atomic E-state index is 12.2. The molecule has 0 unspecified atom stereocenters. The highest BCUT2D eigenvalue weighted by molar-refractivity contribution is 6.01. The number of esters is 1. The number of hydrogen-bond donors (Lipinski definition) is 2. The number of rotatable bonds is 4. The molecule has 114 valence electrons. The van der Waals surface area contributed by atoms with Crippen molar-refractivity contribution in [3.05, 3.63) is 29.8 Å². The Bertz CT molecular complexity index is 494. The highest BCUT2D eigenvalue weighted by Crippen LogP contribution is 2.15. The number of anilines is 1. The van der Waals surface area contributed by atoms with Gasteiger partial charge in [0.2, 0.25) is 0 Å². The van der Waals surface area contributed by atoms with E-state index in [-0.39, 0.29) is 5.91 Å². The molecule has 1 heterocycles. The lowest BCUT2D eigenvalue weighted by Gasteiger charge is -2.17. The Balaban J connectivity index is 1.97. The van der Waals surface area contributed by atoms with E-state index < -0.39 is 5.97 Å². The third-order valence-electron chi connectivity index (χ3n) is 3.83. The SMILES string of the molecule is COC(=O)c1ccccc1NC(=O)C[NH+]1CCCCCC1. The lowest BCUT2D eigenvalue weighted by molar-refractivity contribution is -0.890. The number of amides is 1. The summed E-state index contributed by atoms with van der Waals surface area (Å²) in [7, 11) is 1.34. The predicted molar refractivity (Wildman–Crippen MR) is 80.4 cm³/mol. The molecule has 2 rings (SSSR count). The Morgan fingerprint density at radius 3 is 2.48 bits per heavy atom. The molecule has 5 nitrogen and oxygen atoms in total. The molecule has 1 saturated heterocycles. The topological polar surface area (TPSA) is 59.8 Å². The zero-order valence-electron chi connectivity index (χ0n) is 12.5. The molecule has 1 amide bonds. The van der Waals surface area contributed by atoms with Gasteiger partial charge in [0.25, 0.3) is 5.91 Å². The van der Waals surface area contributed by atoms with Crippen LogP contribution in [0.3, 0.4) is 0 Å². The van der Waals surface area contributed by atoms with Crippen LogP contribution in [0.15, 0.2) is 24.3 Å². The van der Waals surface area contributed by atoms with E-state index in [9.17, 15) is 9.59 Å². The number of hydrogen-bond acceptors (Lipinski definition) is 3. The number of quaternary nitrogens is 1. The van der Waals surface area contributed by atoms with Gasteiger partial charge in [0.05, 0.1) is 31.5 Å². The molecule has 0 radical (unpaired) electrons. The summed E-state index contributed by atoms with van der Waals surface area (Å²) in [5.74, 6) is -0.490. The van der Waals surface area contributed by atoms with E-state index in [0.717, 1.165) is 13.1 Å². The van der Waals surface area contributed by atoms with Crippen LogP contribution >= 0.6 is 0 Å². The van der Waals surface area contributed by atoms with Crippen molar-refractivity contribution in [1.29, 1.82) is 0 Å². The van der Waals surface area contributed by atoms with Gasteiger partial charge in [-0.1, -0.05) is 12.1 Å². The van der Waals surface area contributed by atoms with Gasteiger partial charge in [0.1, 0.15) is 0 Å². The Morgan fingerprint density at radius 1 is 1.14 bits per heavy atom. The first kappa shape index (κ1) is 15.5. The van der Waals surface area contributed by atoms with Crippen LogP contribution in [0.25, 0.3) is 0 Å². The van der Waals surface area contributed by atoms with Crippen LogP contribution in [0, 0.1) is 0 Å². The van der Waals surface area contributed by atoms with Crippen molar-refractivity contribution in [2.45, 2.75) is 25.7 Å². The number of methoxy groups -OCH3 is 1. The van der Waals surface area contributed by atoms with Crippen LogP contribution in [0.2, 0.25) is 0 Å². The summed E-state index contributed by atoms with van der Waals surface area (Å²) >= 11 is 0.